The van der Waals surface area contributed by atoms with Crippen molar-refractivity contribution in [1.82, 2.24) is 9.47 Å². The van der Waals surface area contributed by atoms with Crippen LogP contribution in [0, 0.1) is 0 Å². The van der Waals surface area contributed by atoms with E-state index in [1.165, 1.54) is 0 Å². The second-order valence-electron chi connectivity index (χ2n) is 6.54. The summed E-state index contributed by atoms with van der Waals surface area (Å²) >= 11 is 0. The highest BCUT2D eigenvalue weighted by Gasteiger charge is 2.36. The van der Waals surface area contributed by atoms with Gasteiger partial charge in [-0.15, -0.1) is 0 Å². The molecule has 5 heteroatoms. The van der Waals surface area contributed by atoms with Gasteiger partial charge in [0.05, 0.1) is 18.3 Å². The summed E-state index contributed by atoms with van der Waals surface area (Å²) in [5, 5.41) is 0. The van der Waals surface area contributed by atoms with Crippen LogP contribution in [0.5, 0.6) is 0 Å². The van der Waals surface area contributed by atoms with Crippen molar-refractivity contribution in [3.05, 3.63) is 24.0 Å². The molecule has 5 nitrogen and oxygen atoms in total. The first-order chi connectivity index (χ1) is 9.84. The van der Waals surface area contributed by atoms with Crippen LogP contribution in [0.4, 0.5) is 0 Å². The first kappa shape index (κ1) is 16.0. The van der Waals surface area contributed by atoms with Gasteiger partial charge >= 0.3 is 0 Å². The number of nitrogens with zero attached hydrogens (tertiary/aromatic N) is 2. The highest BCUT2D eigenvalue weighted by Crippen LogP contribution is 2.23. The van der Waals surface area contributed by atoms with Crippen molar-refractivity contribution in [2.75, 3.05) is 26.8 Å². The Labute approximate surface area is 126 Å². The molecule has 1 saturated heterocycles. The van der Waals surface area contributed by atoms with Crippen molar-refractivity contribution >= 4 is 5.91 Å². The van der Waals surface area contributed by atoms with Gasteiger partial charge in [0.1, 0.15) is 5.69 Å². The number of hydrogen-bond acceptors (Lipinski definition) is 3. The molecule has 0 spiro atoms. The van der Waals surface area contributed by atoms with E-state index in [4.69, 9.17) is 9.47 Å². The van der Waals surface area contributed by atoms with E-state index in [0.717, 1.165) is 5.69 Å². The van der Waals surface area contributed by atoms with Gasteiger partial charge in [0, 0.05) is 32.4 Å². The van der Waals surface area contributed by atoms with E-state index in [1.807, 2.05) is 41.6 Å². The van der Waals surface area contributed by atoms with Crippen molar-refractivity contribution in [1.29, 1.82) is 0 Å². The lowest BCUT2D eigenvalue weighted by Crippen LogP contribution is -2.55. The lowest BCUT2D eigenvalue weighted by atomic mass is 10.0. The number of ether oxygens (including phenoxy) is 2. The average Bonchev–Trinajstić information content (AvgIpc) is 2.85. The highest BCUT2D eigenvalue weighted by atomic mass is 16.5. The molecule has 0 N–H and O–H groups in total. The molecule has 1 aromatic rings. The number of carbonyl (C=O) groups excluding carboxylic acids is 1. The molecule has 0 aromatic carbocycles. The smallest absolute Gasteiger partial charge is 0.270 e. The number of methoxy groups -OCH3 is 1. The number of amides is 1. The molecular formula is C16H26N2O3. The second kappa shape index (κ2) is 6.20. The molecule has 1 fully saturated rings. The molecule has 1 aliphatic rings. The summed E-state index contributed by atoms with van der Waals surface area (Å²) < 4.78 is 13.2. The van der Waals surface area contributed by atoms with E-state index in [1.54, 1.807) is 7.11 Å². The van der Waals surface area contributed by atoms with E-state index in [9.17, 15) is 4.79 Å². The zero-order valence-corrected chi connectivity index (χ0v) is 13.6. The van der Waals surface area contributed by atoms with Gasteiger partial charge < -0.3 is 18.9 Å². The second-order valence-corrected chi connectivity index (χ2v) is 6.54. The number of aromatic nitrogens is 1. The van der Waals surface area contributed by atoms with Crippen molar-refractivity contribution in [2.45, 2.75) is 45.4 Å². The number of carbonyl (C=O) groups is 1. The Morgan fingerprint density at radius 3 is 2.86 bits per heavy atom. The van der Waals surface area contributed by atoms with E-state index in [0.29, 0.717) is 19.7 Å². The molecule has 0 unspecified atom stereocenters. The third-order valence-electron chi connectivity index (χ3n) is 3.68. The summed E-state index contributed by atoms with van der Waals surface area (Å²) in [4.78, 5) is 14.7. The van der Waals surface area contributed by atoms with E-state index < -0.39 is 0 Å². The Morgan fingerprint density at radius 1 is 1.52 bits per heavy atom. The maximum atomic E-state index is 12.8. The molecule has 1 aromatic heterocycles. The first-order valence-electron chi connectivity index (χ1n) is 7.47. The predicted octanol–water partition coefficient (Wildman–Crippen LogP) is 2.33. The Morgan fingerprint density at radius 2 is 2.24 bits per heavy atom. The van der Waals surface area contributed by atoms with Crippen molar-refractivity contribution in [2.24, 2.45) is 0 Å². The number of hydrogen-bond donors (Lipinski definition) is 0. The van der Waals surface area contributed by atoms with Gasteiger partial charge in [0.15, 0.2) is 0 Å². The van der Waals surface area contributed by atoms with Gasteiger partial charge in [0.25, 0.3) is 5.91 Å². The molecule has 0 saturated carbocycles. The highest BCUT2D eigenvalue weighted by molar-refractivity contribution is 5.93. The molecule has 1 aliphatic heterocycles. The van der Waals surface area contributed by atoms with Crippen molar-refractivity contribution in [3.63, 3.8) is 0 Å². The molecule has 0 bridgehead atoms. The fourth-order valence-corrected chi connectivity index (χ4v) is 2.91. The lowest BCUT2D eigenvalue weighted by Gasteiger charge is -2.42. The molecule has 0 aliphatic carbocycles. The zero-order valence-electron chi connectivity index (χ0n) is 13.6. The van der Waals surface area contributed by atoms with Gasteiger partial charge in [-0.2, -0.15) is 0 Å². The predicted molar refractivity (Wildman–Crippen MR) is 81.5 cm³/mol. The maximum Gasteiger partial charge on any atom is 0.270 e. The quantitative estimate of drug-likeness (QED) is 0.856. The molecule has 1 atom stereocenters. The average molecular weight is 294 g/mol. The Kier molecular flexibility index (Phi) is 4.74. The minimum absolute atomic E-state index is 0.0613. The Bertz CT molecular complexity index is 493. The van der Waals surface area contributed by atoms with Crippen LogP contribution in [0.15, 0.2) is 18.3 Å². The third-order valence-corrected chi connectivity index (χ3v) is 3.68. The van der Waals surface area contributed by atoms with Crippen molar-refractivity contribution in [3.8, 4) is 0 Å². The summed E-state index contributed by atoms with van der Waals surface area (Å²) in [6.45, 7) is 9.84. The molecule has 2 heterocycles. The molecule has 0 radical (unpaired) electrons. The van der Waals surface area contributed by atoms with Crippen LogP contribution in [0.25, 0.3) is 0 Å². The van der Waals surface area contributed by atoms with E-state index >= 15 is 0 Å². The van der Waals surface area contributed by atoms with E-state index in [-0.39, 0.29) is 23.7 Å². The first-order valence-corrected chi connectivity index (χ1v) is 7.47. The fourth-order valence-electron chi connectivity index (χ4n) is 2.91. The molecule has 21 heavy (non-hydrogen) atoms. The monoisotopic (exact) mass is 294 g/mol. The standard InChI is InChI=1S/C16H26N2O3/c1-12(2)18-8-6-7-14(18)15(19)17-9-13(10-20-5)21-16(3,4)11-17/h6-8,12-13H,9-11H2,1-5H3/t13-/m0/s1. The van der Waals surface area contributed by atoms with Crippen LogP contribution in [-0.4, -0.2) is 53.9 Å². The molecule has 1 amide bonds. The van der Waals surface area contributed by atoms with Crippen LogP contribution in [0.3, 0.4) is 0 Å². The van der Waals surface area contributed by atoms with Gasteiger partial charge in [-0.05, 0) is 39.8 Å². The van der Waals surface area contributed by atoms with Crippen LogP contribution in [-0.2, 0) is 9.47 Å². The number of morpholine rings is 1. The number of rotatable bonds is 4. The minimum atomic E-state index is -0.355. The third kappa shape index (κ3) is 3.66. The fraction of sp³-hybridized carbons (Fsp3) is 0.688. The summed E-state index contributed by atoms with van der Waals surface area (Å²) in [6.07, 6.45) is 1.88. The topological polar surface area (TPSA) is 43.7 Å². The summed E-state index contributed by atoms with van der Waals surface area (Å²) in [7, 11) is 1.65. The molecule has 2 rings (SSSR count). The molecule has 118 valence electrons. The molecular weight excluding hydrogens is 268 g/mol. The van der Waals surface area contributed by atoms with Crippen LogP contribution in [0.2, 0.25) is 0 Å². The van der Waals surface area contributed by atoms with Crippen molar-refractivity contribution < 1.29 is 14.3 Å². The largest absolute Gasteiger partial charge is 0.382 e. The maximum absolute atomic E-state index is 12.8. The summed E-state index contributed by atoms with van der Waals surface area (Å²) in [5.74, 6) is 0.0613. The summed E-state index contributed by atoms with van der Waals surface area (Å²) in [5.41, 5.74) is 0.380. The zero-order chi connectivity index (χ0) is 15.6. The summed E-state index contributed by atoms with van der Waals surface area (Å²) in [6, 6.07) is 4.07. The van der Waals surface area contributed by atoms with Gasteiger partial charge in [-0.25, -0.2) is 0 Å². The van der Waals surface area contributed by atoms with Gasteiger partial charge in [-0.3, -0.25) is 4.79 Å². The lowest BCUT2D eigenvalue weighted by molar-refractivity contribution is -0.143. The van der Waals surface area contributed by atoms with Crippen LogP contribution >= 0.6 is 0 Å². The van der Waals surface area contributed by atoms with Crippen LogP contribution in [0.1, 0.15) is 44.2 Å². The van der Waals surface area contributed by atoms with Crippen LogP contribution < -0.4 is 0 Å². The Balaban J connectivity index is 2.19. The van der Waals surface area contributed by atoms with E-state index in [2.05, 4.69) is 13.8 Å². The normalized spacial score (nSPS) is 21.8. The Hall–Kier alpha value is -1.33. The van der Waals surface area contributed by atoms with Gasteiger partial charge in [-0.1, -0.05) is 0 Å². The SMILES string of the molecule is COC[C@@H]1CN(C(=O)c2cccn2C(C)C)CC(C)(C)O1. The van der Waals surface area contributed by atoms with Gasteiger partial charge in [0.2, 0.25) is 0 Å². The minimum Gasteiger partial charge on any atom is -0.382 e.